The van der Waals surface area contributed by atoms with E-state index in [0.29, 0.717) is 29.7 Å². The first-order chi connectivity index (χ1) is 12.4. The molecule has 0 spiro atoms. The molecular formula is C17H29N5O3S. The van der Waals surface area contributed by atoms with Crippen LogP contribution in [0.15, 0.2) is 4.99 Å². The number of rotatable bonds is 6. The second kappa shape index (κ2) is 9.84. The number of thiazole rings is 1. The van der Waals surface area contributed by atoms with Crippen LogP contribution in [0.25, 0.3) is 0 Å². The average Bonchev–Trinajstić information content (AvgIpc) is 3.00. The minimum atomic E-state index is -0.318. The lowest BCUT2D eigenvalue weighted by Crippen LogP contribution is -2.48. The topological polar surface area (TPSA) is 88.1 Å². The molecule has 0 amide bonds. The van der Waals surface area contributed by atoms with Crippen LogP contribution in [0.4, 0.5) is 0 Å². The Kier molecular flexibility index (Phi) is 7.80. The first-order valence-corrected chi connectivity index (χ1v) is 9.68. The number of aromatic nitrogens is 1. The number of hydrogen-bond acceptors (Lipinski definition) is 7. The molecule has 9 heteroatoms. The molecule has 0 saturated carbocycles. The smallest absolute Gasteiger partial charge is 0.350 e. The Balaban J connectivity index is 1.91. The Morgan fingerprint density at radius 2 is 2.35 bits per heavy atom. The van der Waals surface area contributed by atoms with E-state index in [9.17, 15) is 4.79 Å². The second-order valence-electron chi connectivity index (χ2n) is 6.26. The zero-order valence-corrected chi connectivity index (χ0v) is 17.0. The summed E-state index contributed by atoms with van der Waals surface area (Å²) in [5, 5.41) is 7.43. The number of esters is 1. The van der Waals surface area contributed by atoms with Crippen LogP contribution >= 0.6 is 11.3 Å². The van der Waals surface area contributed by atoms with Gasteiger partial charge < -0.3 is 25.0 Å². The van der Waals surface area contributed by atoms with Crippen LogP contribution in [0.5, 0.6) is 0 Å². The number of guanidine groups is 1. The van der Waals surface area contributed by atoms with Crippen molar-refractivity contribution >= 4 is 23.3 Å². The SMILES string of the molecule is CCOC(=O)c1sc(C(C)NC(=NC)NCC2CN(C)CCO2)nc1C. The third kappa shape index (κ3) is 5.65. The van der Waals surface area contributed by atoms with Gasteiger partial charge in [0.2, 0.25) is 0 Å². The van der Waals surface area contributed by atoms with Gasteiger partial charge >= 0.3 is 5.97 Å². The summed E-state index contributed by atoms with van der Waals surface area (Å²) in [6.07, 6.45) is 0.139. The molecule has 2 rings (SSSR count). The summed E-state index contributed by atoms with van der Waals surface area (Å²) in [5.74, 6) is 0.363. The quantitative estimate of drug-likeness (QED) is 0.433. The van der Waals surface area contributed by atoms with Crippen molar-refractivity contribution in [2.75, 3.05) is 46.9 Å². The minimum absolute atomic E-state index is 0.0805. The molecule has 2 atom stereocenters. The standard InChI is InChI=1S/C17H29N5O3S/c1-6-24-16(23)14-11(2)20-15(26-14)12(3)21-17(18-4)19-9-13-10-22(5)7-8-25-13/h12-13H,6-10H2,1-5H3,(H2,18,19,21). The van der Waals surface area contributed by atoms with Gasteiger partial charge in [-0.15, -0.1) is 11.3 Å². The van der Waals surface area contributed by atoms with Crippen LogP contribution in [-0.2, 0) is 9.47 Å². The van der Waals surface area contributed by atoms with Gasteiger partial charge in [-0.2, -0.15) is 0 Å². The van der Waals surface area contributed by atoms with Gasteiger partial charge in [-0.05, 0) is 27.8 Å². The third-order valence-corrected chi connectivity index (χ3v) is 5.38. The maximum Gasteiger partial charge on any atom is 0.350 e. The number of aliphatic imine (C=N–C) groups is 1. The summed E-state index contributed by atoms with van der Waals surface area (Å²) in [6, 6.07) is -0.0805. The van der Waals surface area contributed by atoms with Gasteiger partial charge in [-0.25, -0.2) is 9.78 Å². The van der Waals surface area contributed by atoms with Crippen molar-refractivity contribution in [2.24, 2.45) is 4.99 Å². The lowest BCUT2D eigenvalue weighted by atomic mass is 10.3. The highest BCUT2D eigenvalue weighted by Crippen LogP contribution is 2.24. The average molecular weight is 384 g/mol. The van der Waals surface area contributed by atoms with Gasteiger partial charge in [-0.1, -0.05) is 0 Å². The van der Waals surface area contributed by atoms with Crippen LogP contribution in [-0.4, -0.2) is 74.9 Å². The van der Waals surface area contributed by atoms with E-state index in [4.69, 9.17) is 9.47 Å². The highest BCUT2D eigenvalue weighted by atomic mass is 32.1. The second-order valence-corrected chi connectivity index (χ2v) is 7.29. The summed E-state index contributed by atoms with van der Waals surface area (Å²) >= 11 is 1.35. The molecule has 0 bridgehead atoms. The third-order valence-electron chi connectivity index (χ3n) is 4.06. The number of aryl methyl sites for hydroxylation is 1. The van der Waals surface area contributed by atoms with Crippen molar-refractivity contribution in [3.8, 4) is 0 Å². The molecule has 8 nitrogen and oxygen atoms in total. The molecule has 2 heterocycles. The number of hydrogen-bond donors (Lipinski definition) is 2. The van der Waals surface area contributed by atoms with E-state index in [0.717, 1.165) is 24.7 Å². The molecule has 1 aliphatic heterocycles. The van der Waals surface area contributed by atoms with Crippen molar-refractivity contribution in [3.63, 3.8) is 0 Å². The summed E-state index contributed by atoms with van der Waals surface area (Å²) in [7, 11) is 3.82. The Bertz CT molecular complexity index is 634. The zero-order valence-electron chi connectivity index (χ0n) is 16.2. The van der Waals surface area contributed by atoms with E-state index < -0.39 is 0 Å². The molecule has 2 unspecified atom stereocenters. The summed E-state index contributed by atoms with van der Waals surface area (Å²) in [4.78, 5) is 23.5. The Morgan fingerprint density at radius 3 is 3.00 bits per heavy atom. The maximum atomic E-state index is 12.0. The van der Waals surface area contributed by atoms with E-state index in [1.807, 2.05) is 13.8 Å². The van der Waals surface area contributed by atoms with E-state index in [1.54, 1.807) is 14.0 Å². The van der Waals surface area contributed by atoms with Gasteiger partial charge in [0, 0.05) is 26.7 Å². The van der Waals surface area contributed by atoms with Gasteiger partial charge in [0.25, 0.3) is 0 Å². The largest absolute Gasteiger partial charge is 0.462 e. The maximum absolute atomic E-state index is 12.0. The fourth-order valence-electron chi connectivity index (χ4n) is 2.65. The van der Waals surface area contributed by atoms with Gasteiger partial charge in [0.05, 0.1) is 31.1 Å². The lowest BCUT2D eigenvalue weighted by molar-refractivity contribution is -0.0161. The lowest BCUT2D eigenvalue weighted by Gasteiger charge is -2.30. The Morgan fingerprint density at radius 1 is 1.58 bits per heavy atom. The molecule has 0 aliphatic carbocycles. The van der Waals surface area contributed by atoms with Crippen molar-refractivity contribution in [1.82, 2.24) is 20.5 Å². The molecule has 26 heavy (non-hydrogen) atoms. The fourth-order valence-corrected chi connectivity index (χ4v) is 3.61. The van der Waals surface area contributed by atoms with E-state index in [2.05, 4.69) is 32.6 Å². The number of ether oxygens (including phenoxy) is 2. The normalized spacial score (nSPS) is 19.9. The first-order valence-electron chi connectivity index (χ1n) is 8.86. The van der Waals surface area contributed by atoms with Crippen LogP contribution in [0.2, 0.25) is 0 Å². The highest BCUT2D eigenvalue weighted by Gasteiger charge is 2.21. The van der Waals surface area contributed by atoms with Gasteiger partial charge in [0.15, 0.2) is 5.96 Å². The number of likely N-dealkylation sites (N-methyl/N-ethyl adjacent to an activating group) is 1. The van der Waals surface area contributed by atoms with Crippen LogP contribution in [0.1, 0.15) is 40.3 Å². The van der Waals surface area contributed by atoms with Crippen LogP contribution in [0, 0.1) is 6.92 Å². The Hall–Kier alpha value is -1.71. The fraction of sp³-hybridized carbons (Fsp3) is 0.706. The number of carbonyl (C=O) groups is 1. The van der Waals surface area contributed by atoms with E-state index >= 15 is 0 Å². The summed E-state index contributed by atoms with van der Waals surface area (Å²) < 4.78 is 10.8. The van der Waals surface area contributed by atoms with Gasteiger partial charge in [0.1, 0.15) is 9.88 Å². The van der Waals surface area contributed by atoms with Crippen molar-refractivity contribution in [1.29, 1.82) is 0 Å². The van der Waals surface area contributed by atoms with Crippen molar-refractivity contribution in [2.45, 2.75) is 32.9 Å². The predicted octanol–water partition coefficient (Wildman–Crippen LogP) is 1.18. The molecule has 0 radical (unpaired) electrons. The molecule has 1 saturated heterocycles. The van der Waals surface area contributed by atoms with E-state index in [-0.39, 0.29) is 18.1 Å². The number of carbonyl (C=O) groups excluding carboxylic acids is 1. The minimum Gasteiger partial charge on any atom is -0.462 e. The monoisotopic (exact) mass is 383 g/mol. The van der Waals surface area contributed by atoms with Crippen molar-refractivity contribution < 1.29 is 14.3 Å². The molecule has 1 aromatic heterocycles. The molecule has 1 aliphatic rings. The van der Waals surface area contributed by atoms with Crippen LogP contribution in [0.3, 0.4) is 0 Å². The molecular weight excluding hydrogens is 354 g/mol. The number of morpholine rings is 1. The molecule has 146 valence electrons. The molecule has 1 aromatic rings. The molecule has 1 fully saturated rings. The van der Waals surface area contributed by atoms with Crippen molar-refractivity contribution in [3.05, 3.63) is 15.6 Å². The Labute approximate surface area is 159 Å². The molecule has 0 aromatic carbocycles. The summed E-state index contributed by atoms with van der Waals surface area (Å²) in [6.45, 7) is 9.26. The molecule has 2 N–H and O–H groups in total. The zero-order chi connectivity index (χ0) is 19.1. The van der Waals surface area contributed by atoms with Gasteiger partial charge in [-0.3, -0.25) is 4.99 Å². The summed E-state index contributed by atoms with van der Waals surface area (Å²) in [5.41, 5.74) is 0.693. The number of nitrogens with one attached hydrogen (secondary N) is 2. The first kappa shape index (κ1) is 20.6. The highest BCUT2D eigenvalue weighted by molar-refractivity contribution is 7.13. The number of nitrogens with zero attached hydrogens (tertiary/aromatic N) is 3. The van der Waals surface area contributed by atoms with E-state index in [1.165, 1.54) is 11.3 Å². The van der Waals surface area contributed by atoms with Crippen LogP contribution < -0.4 is 10.6 Å². The predicted molar refractivity (Wildman–Crippen MR) is 103 cm³/mol.